The van der Waals surface area contributed by atoms with Crippen LogP contribution in [0.3, 0.4) is 0 Å². The summed E-state index contributed by atoms with van der Waals surface area (Å²) in [5, 5.41) is 0. The molecule has 0 aromatic carbocycles. The summed E-state index contributed by atoms with van der Waals surface area (Å²) in [7, 11) is 0. The molecule has 1 unspecified atom stereocenters. The second-order valence-corrected chi connectivity index (χ2v) is 14.9. The summed E-state index contributed by atoms with van der Waals surface area (Å²) in [6, 6.07) is 0. The standard InChI is InChI=1S/C47H84O6/c1-4-7-10-13-16-19-20-21-22-23-24-25-26-29-31-34-37-40-46(49)52-43-44(53-47(50)41-38-35-32-28-18-15-12-9-6-3)42-51-45(48)39-36-33-30-27-17-14-11-8-5-2/h9,12,18,27-28,30,44H,4-8,10-11,13-17,19-26,29,31-43H2,1-3H3/b12-9-,28-18-,30-27-. The van der Waals surface area contributed by atoms with E-state index < -0.39 is 6.10 Å². The van der Waals surface area contributed by atoms with E-state index in [1.807, 2.05) is 0 Å². The Morgan fingerprint density at radius 3 is 1.26 bits per heavy atom. The van der Waals surface area contributed by atoms with Crippen LogP contribution in [0.5, 0.6) is 0 Å². The first-order valence-corrected chi connectivity index (χ1v) is 22.5. The molecule has 0 radical (unpaired) electrons. The lowest BCUT2D eigenvalue weighted by atomic mass is 10.0. The second-order valence-electron chi connectivity index (χ2n) is 14.9. The van der Waals surface area contributed by atoms with Gasteiger partial charge in [-0.05, 0) is 64.2 Å². The second kappa shape index (κ2) is 42.4. The number of ether oxygens (including phenoxy) is 3. The van der Waals surface area contributed by atoms with Gasteiger partial charge in [-0.15, -0.1) is 0 Å². The first-order chi connectivity index (χ1) is 26.0. The fourth-order valence-corrected chi connectivity index (χ4v) is 6.25. The van der Waals surface area contributed by atoms with E-state index in [2.05, 4.69) is 57.2 Å². The van der Waals surface area contributed by atoms with Gasteiger partial charge < -0.3 is 14.2 Å². The fourth-order valence-electron chi connectivity index (χ4n) is 6.25. The van der Waals surface area contributed by atoms with Crippen LogP contribution < -0.4 is 0 Å². The molecule has 0 fully saturated rings. The van der Waals surface area contributed by atoms with Gasteiger partial charge in [0, 0.05) is 19.3 Å². The average molecular weight is 745 g/mol. The third kappa shape index (κ3) is 40.6. The quantitative estimate of drug-likeness (QED) is 0.0269. The smallest absolute Gasteiger partial charge is 0.306 e. The van der Waals surface area contributed by atoms with Crippen molar-refractivity contribution in [1.82, 2.24) is 0 Å². The highest BCUT2D eigenvalue weighted by atomic mass is 16.6. The van der Waals surface area contributed by atoms with Gasteiger partial charge >= 0.3 is 17.9 Å². The van der Waals surface area contributed by atoms with Gasteiger partial charge in [0.1, 0.15) is 13.2 Å². The molecule has 0 aliphatic carbocycles. The van der Waals surface area contributed by atoms with E-state index in [0.29, 0.717) is 25.7 Å². The van der Waals surface area contributed by atoms with Crippen molar-refractivity contribution in [2.75, 3.05) is 13.2 Å². The monoisotopic (exact) mass is 745 g/mol. The molecule has 53 heavy (non-hydrogen) atoms. The van der Waals surface area contributed by atoms with Crippen molar-refractivity contribution in [3.05, 3.63) is 36.5 Å². The number of hydrogen-bond acceptors (Lipinski definition) is 6. The van der Waals surface area contributed by atoms with Gasteiger partial charge in [0.2, 0.25) is 0 Å². The third-order valence-corrected chi connectivity index (χ3v) is 9.63. The van der Waals surface area contributed by atoms with E-state index in [4.69, 9.17) is 14.2 Å². The lowest BCUT2D eigenvalue weighted by Gasteiger charge is -2.18. The van der Waals surface area contributed by atoms with Crippen molar-refractivity contribution in [3.63, 3.8) is 0 Å². The van der Waals surface area contributed by atoms with Gasteiger partial charge in [-0.3, -0.25) is 14.4 Å². The largest absolute Gasteiger partial charge is 0.462 e. The van der Waals surface area contributed by atoms with E-state index in [-0.39, 0.29) is 37.5 Å². The fraction of sp³-hybridized carbons (Fsp3) is 0.809. The molecule has 1 atom stereocenters. The van der Waals surface area contributed by atoms with E-state index in [0.717, 1.165) is 57.8 Å². The van der Waals surface area contributed by atoms with Crippen LogP contribution in [0.25, 0.3) is 0 Å². The summed E-state index contributed by atoms with van der Waals surface area (Å²) in [5.74, 6) is -0.965. The minimum absolute atomic E-state index is 0.0917. The predicted octanol–water partition coefficient (Wildman–Crippen LogP) is 14.2. The van der Waals surface area contributed by atoms with Crippen LogP contribution in [0, 0.1) is 0 Å². The molecule has 0 aromatic heterocycles. The Hall–Kier alpha value is -2.37. The third-order valence-electron chi connectivity index (χ3n) is 9.63. The van der Waals surface area contributed by atoms with Crippen molar-refractivity contribution in [3.8, 4) is 0 Å². The predicted molar refractivity (Wildman–Crippen MR) is 224 cm³/mol. The zero-order valence-corrected chi connectivity index (χ0v) is 35.0. The Balaban J connectivity index is 4.29. The van der Waals surface area contributed by atoms with E-state index in [1.54, 1.807) is 0 Å². The van der Waals surface area contributed by atoms with E-state index in [9.17, 15) is 14.4 Å². The first kappa shape index (κ1) is 50.6. The van der Waals surface area contributed by atoms with Crippen molar-refractivity contribution in [2.24, 2.45) is 0 Å². The number of carbonyl (C=O) groups is 3. The number of unbranched alkanes of at least 4 members (excludes halogenated alkanes) is 23. The van der Waals surface area contributed by atoms with Crippen molar-refractivity contribution < 1.29 is 28.6 Å². The molecule has 0 spiro atoms. The van der Waals surface area contributed by atoms with Gasteiger partial charge in [-0.2, -0.15) is 0 Å². The summed E-state index contributed by atoms with van der Waals surface area (Å²) in [5.41, 5.74) is 0. The maximum absolute atomic E-state index is 12.6. The molecular formula is C47H84O6. The molecule has 0 aliphatic rings. The van der Waals surface area contributed by atoms with Gasteiger partial charge in [0.05, 0.1) is 0 Å². The molecule has 0 saturated carbocycles. The van der Waals surface area contributed by atoms with Crippen LogP contribution >= 0.6 is 0 Å². The molecule has 308 valence electrons. The average Bonchev–Trinajstić information content (AvgIpc) is 3.15. The highest BCUT2D eigenvalue weighted by Crippen LogP contribution is 2.15. The minimum atomic E-state index is -0.792. The van der Waals surface area contributed by atoms with Crippen LogP contribution in [-0.4, -0.2) is 37.2 Å². The topological polar surface area (TPSA) is 78.9 Å². The Bertz CT molecular complexity index is 907. The molecule has 0 bridgehead atoms. The molecule has 6 nitrogen and oxygen atoms in total. The minimum Gasteiger partial charge on any atom is -0.462 e. The van der Waals surface area contributed by atoms with Gasteiger partial charge in [0.15, 0.2) is 6.10 Å². The molecule has 0 aliphatic heterocycles. The van der Waals surface area contributed by atoms with Crippen LogP contribution in [-0.2, 0) is 28.6 Å². The van der Waals surface area contributed by atoms with Crippen LogP contribution in [0.2, 0.25) is 0 Å². The molecule has 6 heteroatoms. The van der Waals surface area contributed by atoms with Gasteiger partial charge in [0.25, 0.3) is 0 Å². The highest BCUT2D eigenvalue weighted by Gasteiger charge is 2.19. The highest BCUT2D eigenvalue weighted by molar-refractivity contribution is 5.71. The summed E-state index contributed by atoms with van der Waals surface area (Å²) in [6.07, 6.45) is 47.3. The maximum Gasteiger partial charge on any atom is 0.306 e. The molecule has 0 saturated heterocycles. The Morgan fingerprint density at radius 1 is 0.396 bits per heavy atom. The van der Waals surface area contributed by atoms with Gasteiger partial charge in [-0.25, -0.2) is 0 Å². The number of esters is 3. The van der Waals surface area contributed by atoms with Crippen molar-refractivity contribution in [2.45, 2.75) is 232 Å². The number of rotatable bonds is 40. The van der Waals surface area contributed by atoms with Crippen molar-refractivity contribution in [1.29, 1.82) is 0 Å². The summed E-state index contributed by atoms with van der Waals surface area (Å²) < 4.78 is 16.6. The Labute approximate surface area is 327 Å². The zero-order chi connectivity index (χ0) is 38.7. The molecule has 0 rings (SSSR count). The summed E-state index contributed by atoms with van der Waals surface area (Å²) in [6.45, 7) is 6.42. The molecule has 0 aromatic rings. The Kier molecular flexibility index (Phi) is 40.5. The first-order valence-electron chi connectivity index (χ1n) is 22.5. The summed E-state index contributed by atoms with van der Waals surface area (Å²) in [4.78, 5) is 37.5. The normalized spacial score (nSPS) is 12.3. The number of carbonyl (C=O) groups excluding carboxylic acids is 3. The van der Waals surface area contributed by atoms with Crippen LogP contribution in [0.4, 0.5) is 0 Å². The van der Waals surface area contributed by atoms with Gasteiger partial charge in [-0.1, -0.05) is 179 Å². The van der Waals surface area contributed by atoms with Crippen LogP contribution in [0.15, 0.2) is 36.5 Å². The Morgan fingerprint density at radius 2 is 0.755 bits per heavy atom. The van der Waals surface area contributed by atoms with Crippen molar-refractivity contribution >= 4 is 17.9 Å². The molecule has 0 N–H and O–H groups in total. The lowest BCUT2D eigenvalue weighted by Crippen LogP contribution is -2.30. The lowest BCUT2D eigenvalue weighted by molar-refractivity contribution is -0.167. The molecule has 0 heterocycles. The van der Waals surface area contributed by atoms with E-state index >= 15 is 0 Å². The SMILES string of the molecule is CC/C=C\C/C=C\CCCCC(=O)OC(COC(=O)CCC/C=C\CCCCCC)COC(=O)CCCCCCCCCCCCCCCCCCC. The number of allylic oxidation sites excluding steroid dienone is 6. The van der Waals surface area contributed by atoms with Crippen LogP contribution in [0.1, 0.15) is 226 Å². The zero-order valence-electron chi connectivity index (χ0n) is 35.0. The molecular weight excluding hydrogens is 661 g/mol. The number of hydrogen-bond donors (Lipinski definition) is 0. The van der Waals surface area contributed by atoms with E-state index in [1.165, 1.54) is 116 Å². The summed E-state index contributed by atoms with van der Waals surface area (Å²) >= 11 is 0. The maximum atomic E-state index is 12.6. The molecule has 0 amide bonds.